The third-order valence-corrected chi connectivity index (χ3v) is 3.48. The van der Waals surface area contributed by atoms with Crippen LogP contribution in [0.15, 0.2) is 41.6 Å². The van der Waals surface area contributed by atoms with Crippen LogP contribution in [0.4, 0.5) is 0 Å². The summed E-state index contributed by atoms with van der Waals surface area (Å²) in [6.45, 7) is 2.94. The van der Waals surface area contributed by atoms with Crippen molar-refractivity contribution in [1.29, 1.82) is 0 Å². The van der Waals surface area contributed by atoms with Gasteiger partial charge in [-0.25, -0.2) is 0 Å². The molecule has 0 saturated heterocycles. The van der Waals surface area contributed by atoms with Crippen LogP contribution < -0.4 is 18.9 Å². The first kappa shape index (κ1) is 18.7. The first-order valence-electron chi connectivity index (χ1n) is 7.71. The molecular formula is C18H20ClNO5. The minimum atomic E-state index is 0.291. The van der Waals surface area contributed by atoms with Crippen LogP contribution in [0.3, 0.4) is 0 Å². The summed E-state index contributed by atoms with van der Waals surface area (Å²) in [5.74, 6) is 2.39. The fraction of sp³-hybridized carbons (Fsp3) is 0.278. The summed E-state index contributed by atoms with van der Waals surface area (Å²) in [4.78, 5) is 0. The van der Waals surface area contributed by atoms with E-state index in [0.29, 0.717) is 41.9 Å². The Balaban J connectivity index is 1.96. The smallest absolute Gasteiger partial charge is 0.179 e. The molecule has 2 rings (SSSR count). The highest BCUT2D eigenvalue weighted by Crippen LogP contribution is 2.36. The van der Waals surface area contributed by atoms with E-state index in [1.54, 1.807) is 19.2 Å². The number of ether oxygens (including phenoxy) is 4. The zero-order valence-electron chi connectivity index (χ0n) is 14.1. The zero-order valence-corrected chi connectivity index (χ0v) is 14.8. The number of halogens is 1. The van der Waals surface area contributed by atoms with E-state index < -0.39 is 0 Å². The molecule has 0 fully saturated rings. The van der Waals surface area contributed by atoms with Crippen molar-refractivity contribution in [2.24, 2.45) is 5.16 Å². The SMILES string of the molecule is CCOc1cc(C=NO)cc(Cl)c1OCCOc1ccc(OC)cc1. The lowest BCUT2D eigenvalue weighted by Crippen LogP contribution is -2.10. The second-order valence-electron chi connectivity index (χ2n) is 4.88. The predicted octanol–water partition coefficient (Wildman–Crippen LogP) is 4.01. The molecule has 2 aromatic rings. The van der Waals surface area contributed by atoms with Gasteiger partial charge in [0.15, 0.2) is 11.5 Å². The number of hydrogen-bond donors (Lipinski definition) is 1. The molecule has 0 atom stereocenters. The quantitative estimate of drug-likeness (QED) is 0.314. The fourth-order valence-electron chi connectivity index (χ4n) is 2.11. The Kier molecular flexibility index (Phi) is 7.22. The maximum atomic E-state index is 8.65. The van der Waals surface area contributed by atoms with Gasteiger partial charge in [0.1, 0.15) is 24.7 Å². The van der Waals surface area contributed by atoms with Gasteiger partial charge in [-0.05, 0) is 43.3 Å². The van der Waals surface area contributed by atoms with Crippen LogP contribution in [0, 0.1) is 0 Å². The van der Waals surface area contributed by atoms with E-state index in [0.717, 1.165) is 11.5 Å². The van der Waals surface area contributed by atoms with E-state index in [2.05, 4.69) is 5.16 Å². The number of nitrogens with zero attached hydrogens (tertiary/aromatic N) is 1. The monoisotopic (exact) mass is 365 g/mol. The molecule has 0 aromatic heterocycles. The van der Waals surface area contributed by atoms with Gasteiger partial charge in [0.25, 0.3) is 0 Å². The van der Waals surface area contributed by atoms with E-state index in [1.807, 2.05) is 31.2 Å². The molecule has 0 aliphatic carbocycles. The normalized spacial score (nSPS) is 10.7. The number of benzene rings is 2. The van der Waals surface area contributed by atoms with E-state index in [4.69, 9.17) is 35.8 Å². The van der Waals surface area contributed by atoms with Crippen LogP contribution in [0.25, 0.3) is 0 Å². The molecule has 1 N–H and O–H groups in total. The highest BCUT2D eigenvalue weighted by molar-refractivity contribution is 6.32. The average molecular weight is 366 g/mol. The third-order valence-electron chi connectivity index (χ3n) is 3.20. The van der Waals surface area contributed by atoms with Crippen molar-refractivity contribution in [1.82, 2.24) is 0 Å². The molecule has 0 aliphatic heterocycles. The summed E-state index contributed by atoms with van der Waals surface area (Å²) in [5.41, 5.74) is 0.609. The fourth-order valence-corrected chi connectivity index (χ4v) is 2.38. The van der Waals surface area contributed by atoms with Crippen molar-refractivity contribution in [2.45, 2.75) is 6.92 Å². The summed E-state index contributed by atoms with van der Waals surface area (Å²) in [6.07, 6.45) is 1.27. The van der Waals surface area contributed by atoms with Crippen molar-refractivity contribution in [3.05, 3.63) is 47.0 Å². The van der Waals surface area contributed by atoms with Gasteiger partial charge in [-0.15, -0.1) is 0 Å². The van der Waals surface area contributed by atoms with Gasteiger partial charge < -0.3 is 24.2 Å². The van der Waals surface area contributed by atoms with E-state index in [-0.39, 0.29) is 0 Å². The summed E-state index contributed by atoms with van der Waals surface area (Å²) in [5, 5.41) is 12.0. The Hall–Kier alpha value is -2.60. The van der Waals surface area contributed by atoms with Gasteiger partial charge in [-0.2, -0.15) is 0 Å². The number of hydrogen-bond acceptors (Lipinski definition) is 6. The molecule has 0 saturated carbocycles. The lowest BCUT2D eigenvalue weighted by Gasteiger charge is -2.14. The van der Waals surface area contributed by atoms with Gasteiger partial charge in [-0.1, -0.05) is 16.8 Å². The topological polar surface area (TPSA) is 69.5 Å². The molecule has 0 aliphatic rings. The maximum absolute atomic E-state index is 8.65. The van der Waals surface area contributed by atoms with Crippen LogP contribution in [0.5, 0.6) is 23.0 Å². The molecule has 25 heavy (non-hydrogen) atoms. The Morgan fingerprint density at radius 2 is 1.72 bits per heavy atom. The van der Waals surface area contributed by atoms with Crippen molar-refractivity contribution in [2.75, 3.05) is 26.9 Å². The minimum absolute atomic E-state index is 0.291. The molecule has 0 bridgehead atoms. The molecule has 7 heteroatoms. The number of methoxy groups -OCH3 is 1. The molecule has 2 aromatic carbocycles. The first-order chi connectivity index (χ1) is 12.2. The minimum Gasteiger partial charge on any atom is -0.497 e. The lowest BCUT2D eigenvalue weighted by molar-refractivity contribution is 0.208. The molecular weight excluding hydrogens is 346 g/mol. The van der Waals surface area contributed by atoms with Gasteiger partial charge in [0.2, 0.25) is 0 Å². The molecule has 0 radical (unpaired) electrons. The zero-order chi connectivity index (χ0) is 18.1. The van der Waals surface area contributed by atoms with Gasteiger partial charge in [0.05, 0.1) is 25.0 Å². The van der Waals surface area contributed by atoms with Crippen LogP contribution in [-0.2, 0) is 0 Å². The molecule has 0 amide bonds. The molecule has 134 valence electrons. The molecule has 6 nitrogen and oxygen atoms in total. The highest BCUT2D eigenvalue weighted by atomic mass is 35.5. The van der Waals surface area contributed by atoms with Gasteiger partial charge >= 0.3 is 0 Å². The third kappa shape index (κ3) is 5.46. The average Bonchev–Trinajstić information content (AvgIpc) is 2.61. The van der Waals surface area contributed by atoms with E-state index in [9.17, 15) is 0 Å². The van der Waals surface area contributed by atoms with Crippen molar-refractivity contribution in [3.63, 3.8) is 0 Å². The first-order valence-corrected chi connectivity index (χ1v) is 8.09. The van der Waals surface area contributed by atoms with Crippen molar-refractivity contribution in [3.8, 4) is 23.0 Å². The summed E-state index contributed by atoms with van der Waals surface area (Å²) in [7, 11) is 1.61. The predicted molar refractivity (Wildman–Crippen MR) is 96.0 cm³/mol. The Morgan fingerprint density at radius 1 is 1.04 bits per heavy atom. The van der Waals surface area contributed by atoms with Crippen LogP contribution in [0.2, 0.25) is 5.02 Å². The maximum Gasteiger partial charge on any atom is 0.179 e. The van der Waals surface area contributed by atoms with Crippen LogP contribution in [-0.4, -0.2) is 38.4 Å². The molecule has 0 heterocycles. The van der Waals surface area contributed by atoms with Gasteiger partial charge in [0, 0.05) is 5.56 Å². The largest absolute Gasteiger partial charge is 0.497 e. The molecule has 0 unspecified atom stereocenters. The van der Waals surface area contributed by atoms with Crippen molar-refractivity contribution < 1.29 is 24.2 Å². The van der Waals surface area contributed by atoms with Gasteiger partial charge in [-0.3, -0.25) is 0 Å². The Morgan fingerprint density at radius 3 is 2.36 bits per heavy atom. The van der Waals surface area contributed by atoms with E-state index >= 15 is 0 Å². The summed E-state index contributed by atoms with van der Waals surface area (Å²) < 4.78 is 22.0. The molecule has 0 spiro atoms. The summed E-state index contributed by atoms with van der Waals surface area (Å²) >= 11 is 6.23. The lowest BCUT2D eigenvalue weighted by atomic mass is 10.2. The Labute approximate surface area is 151 Å². The second kappa shape index (κ2) is 9.64. The Bertz CT molecular complexity index is 703. The highest BCUT2D eigenvalue weighted by Gasteiger charge is 2.12. The summed E-state index contributed by atoms with van der Waals surface area (Å²) in [6, 6.07) is 10.6. The van der Waals surface area contributed by atoms with E-state index in [1.165, 1.54) is 6.21 Å². The number of rotatable bonds is 9. The number of oxime groups is 1. The second-order valence-corrected chi connectivity index (χ2v) is 5.29. The van der Waals surface area contributed by atoms with Crippen LogP contribution >= 0.6 is 11.6 Å². The van der Waals surface area contributed by atoms with Crippen molar-refractivity contribution >= 4 is 17.8 Å². The van der Waals surface area contributed by atoms with Crippen LogP contribution in [0.1, 0.15) is 12.5 Å². The standard InChI is InChI=1S/C18H20ClNO5/c1-3-23-17-11-13(12-20-21)10-16(19)18(17)25-9-8-24-15-6-4-14(22-2)5-7-15/h4-7,10-12,21H,3,8-9H2,1-2H3.